The molecule has 0 aliphatic heterocycles. The van der Waals surface area contributed by atoms with Gasteiger partial charge in [-0.15, -0.1) is 0 Å². The molecule has 0 atom stereocenters. The fourth-order valence-electron chi connectivity index (χ4n) is 3.25. The van der Waals surface area contributed by atoms with Crippen LogP contribution in [0.3, 0.4) is 0 Å². The molecular weight excluding hydrogens is 418 g/mol. The first-order valence-electron chi connectivity index (χ1n) is 8.79. The van der Waals surface area contributed by atoms with Crippen LogP contribution in [0.2, 0.25) is 0 Å². The van der Waals surface area contributed by atoms with Crippen molar-refractivity contribution >= 4 is 32.7 Å². The van der Waals surface area contributed by atoms with Gasteiger partial charge in [0.1, 0.15) is 5.75 Å². The summed E-state index contributed by atoms with van der Waals surface area (Å²) in [6.07, 6.45) is 0. The first-order chi connectivity index (χ1) is 13.5. The molecule has 0 aliphatic rings. The number of carbonyl (C=O) groups excluding carboxylic acids is 1. The number of nitrogens with zero attached hydrogens (tertiary/aromatic N) is 3. The Morgan fingerprint density at radius 3 is 2.61 bits per heavy atom. The number of aromatic nitrogens is 3. The fourth-order valence-corrected chi connectivity index (χ4v) is 3.61. The second kappa shape index (κ2) is 7.20. The molecule has 5 nitrogen and oxygen atoms in total. The molecule has 0 saturated carbocycles. The maximum atomic E-state index is 13.3. The summed E-state index contributed by atoms with van der Waals surface area (Å²) < 4.78 is 7.66. The van der Waals surface area contributed by atoms with Crippen molar-refractivity contribution in [2.24, 2.45) is 0 Å². The predicted molar refractivity (Wildman–Crippen MR) is 113 cm³/mol. The van der Waals surface area contributed by atoms with Crippen LogP contribution in [0, 0.1) is 13.8 Å². The zero-order valence-electron chi connectivity index (χ0n) is 15.7. The Kier molecular flexibility index (Phi) is 4.73. The number of methoxy groups -OCH3 is 1. The highest BCUT2D eigenvalue weighted by atomic mass is 79.9. The second-order valence-corrected chi connectivity index (χ2v) is 7.51. The Bertz CT molecular complexity index is 1210. The average Bonchev–Trinajstić information content (AvgIpc) is 3.04. The SMILES string of the molecule is COc1cccc(-c2cc(C(=O)n3nc(C)cc3C)c3cc(Br)ccc3n2)c1. The molecular formula is C22H18BrN3O2. The highest BCUT2D eigenvalue weighted by molar-refractivity contribution is 9.10. The summed E-state index contributed by atoms with van der Waals surface area (Å²) in [7, 11) is 1.63. The quantitative estimate of drug-likeness (QED) is 0.445. The number of carbonyl (C=O) groups is 1. The van der Waals surface area contributed by atoms with Gasteiger partial charge in [-0.2, -0.15) is 5.10 Å². The molecule has 2 heterocycles. The number of rotatable bonds is 3. The minimum Gasteiger partial charge on any atom is -0.497 e. The summed E-state index contributed by atoms with van der Waals surface area (Å²) in [6, 6.07) is 17.1. The van der Waals surface area contributed by atoms with E-state index in [9.17, 15) is 4.79 Å². The first kappa shape index (κ1) is 18.4. The van der Waals surface area contributed by atoms with E-state index < -0.39 is 0 Å². The van der Waals surface area contributed by atoms with Gasteiger partial charge in [0.05, 0.1) is 29.6 Å². The highest BCUT2D eigenvalue weighted by Gasteiger charge is 2.18. The second-order valence-electron chi connectivity index (χ2n) is 6.59. The van der Waals surface area contributed by atoms with Gasteiger partial charge < -0.3 is 4.74 Å². The molecule has 2 aromatic heterocycles. The third kappa shape index (κ3) is 3.31. The molecule has 0 aliphatic carbocycles. The van der Waals surface area contributed by atoms with Crippen LogP contribution in [0.5, 0.6) is 5.75 Å². The third-order valence-corrected chi connectivity index (χ3v) is 5.06. The molecule has 4 aromatic rings. The van der Waals surface area contributed by atoms with Gasteiger partial charge in [-0.3, -0.25) is 4.79 Å². The van der Waals surface area contributed by atoms with Gasteiger partial charge in [-0.05, 0) is 56.3 Å². The lowest BCUT2D eigenvalue weighted by atomic mass is 10.0. The number of aryl methyl sites for hydroxylation is 2. The van der Waals surface area contributed by atoms with Gasteiger partial charge in [-0.25, -0.2) is 9.67 Å². The summed E-state index contributed by atoms with van der Waals surface area (Å²) in [5, 5.41) is 5.14. The number of hydrogen-bond acceptors (Lipinski definition) is 4. The van der Waals surface area contributed by atoms with Crippen LogP contribution < -0.4 is 4.74 Å². The molecule has 0 fully saturated rings. The van der Waals surface area contributed by atoms with Crippen LogP contribution in [0.25, 0.3) is 22.2 Å². The van der Waals surface area contributed by atoms with Gasteiger partial charge in [-0.1, -0.05) is 28.1 Å². The largest absolute Gasteiger partial charge is 0.497 e. The Labute approximate surface area is 171 Å². The standard InChI is InChI=1S/C22H18BrN3O2/c1-13-9-14(2)26(25-13)22(27)19-12-21(15-5-4-6-17(10-15)28-3)24-20-8-7-16(23)11-18(19)20/h4-12H,1-3H3. The molecule has 0 unspecified atom stereocenters. The zero-order chi connectivity index (χ0) is 19.8. The van der Waals surface area contributed by atoms with Gasteiger partial charge in [0.2, 0.25) is 0 Å². The molecule has 6 heteroatoms. The molecule has 0 amide bonds. The van der Waals surface area contributed by atoms with Gasteiger partial charge in [0.15, 0.2) is 0 Å². The summed E-state index contributed by atoms with van der Waals surface area (Å²) in [6.45, 7) is 3.75. The van der Waals surface area contributed by atoms with Crippen molar-refractivity contribution in [2.75, 3.05) is 7.11 Å². The van der Waals surface area contributed by atoms with E-state index in [4.69, 9.17) is 9.72 Å². The fraction of sp³-hybridized carbons (Fsp3) is 0.136. The summed E-state index contributed by atoms with van der Waals surface area (Å²) in [5.74, 6) is 0.557. The predicted octanol–water partition coefficient (Wildman–Crippen LogP) is 5.17. The van der Waals surface area contributed by atoms with Gasteiger partial charge >= 0.3 is 0 Å². The van der Waals surface area contributed by atoms with Crippen LogP contribution in [-0.2, 0) is 0 Å². The first-order valence-corrected chi connectivity index (χ1v) is 9.58. The summed E-state index contributed by atoms with van der Waals surface area (Å²) in [5.41, 5.74) is 4.48. The summed E-state index contributed by atoms with van der Waals surface area (Å²) >= 11 is 3.49. The van der Waals surface area contributed by atoms with E-state index in [-0.39, 0.29) is 5.91 Å². The lowest BCUT2D eigenvalue weighted by Crippen LogP contribution is -2.16. The number of hydrogen-bond donors (Lipinski definition) is 0. The van der Waals surface area contributed by atoms with Crippen molar-refractivity contribution in [1.29, 1.82) is 0 Å². The van der Waals surface area contributed by atoms with Crippen molar-refractivity contribution in [1.82, 2.24) is 14.8 Å². The minimum absolute atomic E-state index is 0.180. The van der Waals surface area contributed by atoms with Crippen LogP contribution in [-0.4, -0.2) is 27.8 Å². The van der Waals surface area contributed by atoms with Crippen LogP contribution >= 0.6 is 15.9 Å². The normalized spacial score (nSPS) is 11.0. The lowest BCUT2D eigenvalue weighted by molar-refractivity contribution is 0.0944. The molecule has 0 radical (unpaired) electrons. The van der Waals surface area contributed by atoms with Crippen LogP contribution in [0.4, 0.5) is 0 Å². The number of fused-ring (bicyclic) bond motifs is 1. The maximum absolute atomic E-state index is 13.3. The van der Waals surface area contributed by atoms with Gasteiger partial charge in [0, 0.05) is 21.1 Å². The number of benzene rings is 2. The molecule has 140 valence electrons. The molecule has 28 heavy (non-hydrogen) atoms. The van der Waals surface area contributed by atoms with E-state index in [0.717, 1.165) is 38.1 Å². The van der Waals surface area contributed by atoms with Crippen molar-refractivity contribution < 1.29 is 9.53 Å². The average molecular weight is 436 g/mol. The molecule has 2 aromatic carbocycles. The van der Waals surface area contributed by atoms with E-state index in [2.05, 4.69) is 21.0 Å². The lowest BCUT2D eigenvalue weighted by Gasteiger charge is -2.11. The van der Waals surface area contributed by atoms with Gasteiger partial charge in [0.25, 0.3) is 5.91 Å². The Hall–Kier alpha value is -2.99. The number of ether oxygens (including phenoxy) is 1. The topological polar surface area (TPSA) is 57.0 Å². The maximum Gasteiger partial charge on any atom is 0.279 e. The number of halogens is 1. The summed E-state index contributed by atoms with van der Waals surface area (Å²) in [4.78, 5) is 18.1. The van der Waals surface area contributed by atoms with Crippen molar-refractivity contribution in [3.05, 3.63) is 76.0 Å². The monoisotopic (exact) mass is 435 g/mol. The van der Waals surface area contributed by atoms with Crippen molar-refractivity contribution in [3.8, 4) is 17.0 Å². The van der Waals surface area contributed by atoms with Crippen molar-refractivity contribution in [2.45, 2.75) is 13.8 Å². The van der Waals surface area contributed by atoms with E-state index in [1.165, 1.54) is 4.68 Å². The molecule has 0 spiro atoms. The molecule has 0 bridgehead atoms. The van der Waals surface area contributed by atoms with E-state index in [0.29, 0.717) is 11.3 Å². The van der Waals surface area contributed by atoms with E-state index >= 15 is 0 Å². The third-order valence-electron chi connectivity index (χ3n) is 4.57. The van der Waals surface area contributed by atoms with E-state index in [1.54, 1.807) is 7.11 Å². The van der Waals surface area contributed by atoms with Crippen molar-refractivity contribution in [3.63, 3.8) is 0 Å². The molecule has 4 rings (SSSR count). The Morgan fingerprint density at radius 1 is 1.07 bits per heavy atom. The zero-order valence-corrected chi connectivity index (χ0v) is 17.3. The van der Waals surface area contributed by atoms with E-state index in [1.807, 2.05) is 68.4 Å². The Morgan fingerprint density at radius 2 is 1.89 bits per heavy atom. The van der Waals surface area contributed by atoms with Crippen LogP contribution in [0.1, 0.15) is 21.7 Å². The minimum atomic E-state index is -0.180. The smallest absolute Gasteiger partial charge is 0.279 e. The van der Waals surface area contributed by atoms with Crippen LogP contribution in [0.15, 0.2) is 59.1 Å². The molecule has 0 N–H and O–H groups in total. The molecule has 0 saturated heterocycles. The number of pyridine rings is 1. The Balaban J connectivity index is 1.96. The highest BCUT2D eigenvalue weighted by Crippen LogP contribution is 2.29.